The van der Waals surface area contributed by atoms with Crippen LogP contribution >= 0.6 is 0 Å². The number of fused-ring (bicyclic) bond motifs is 1. The first-order chi connectivity index (χ1) is 12.2. The molecule has 3 rings (SSSR count). The molecule has 0 saturated carbocycles. The summed E-state index contributed by atoms with van der Waals surface area (Å²) < 4.78 is 11.3. The fourth-order valence-electron chi connectivity index (χ4n) is 3.44. The summed E-state index contributed by atoms with van der Waals surface area (Å²) in [5.74, 6) is -1.10. The van der Waals surface area contributed by atoms with E-state index in [1.165, 1.54) is 0 Å². The summed E-state index contributed by atoms with van der Waals surface area (Å²) in [5, 5.41) is 9.39. The molecule has 1 fully saturated rings. The maximum absolute atomic E-state index is 12.8. The van der Waals surface area contributed by atoms with Gasteiger partial charge in [-0.25, -0.2) is 0 Å². The SMILES string of the molecule is CCOc1cccc2c1OCC(C(=O)C(C#N)C(=O)N1CCCC1)C2. The van der Waals surface area contributed by atoms with Gasteiger partial charge in [-0.2, -0.15) is 5.26 Å². The zero-order valence-electron chi connectivity index (χ0n) is 14.4. The summed E-state index contributed by atoms with van der Waals surface area (Å²) in [6, 6.07) is 7.49. The van der Waals surface area contributed by atoms with Crippen LogP contribution in [0.5, 0.6) is 11.5 Å². The van der Waals surface area contributed by atoms with E-state index in [1.54, 1.807) is 4.90 Å². The molecule has 0 spiro atoms. The summed E-state index contributed by atoms with van der Waals surface area (Å²) in [6.07, 6.45) is 2.32. The van der Waals surface area contributed by atoms with Crippen molar-refractivity contribution < 1.29 is 19.1 Å². The second-order valence-corrected chi connectivity index (χ2v) is 6.39. The lowest BCUT2D eigenvalue weighted by atomic mass is 9.86. The first-order valence-electron chi connectivity index (χ1n) is 8.75. The van der Waals surface area contributed by atoms with E-state index in [4.69, 9.17) is 9.47 Å². The van der Waals surface area contributed by atoms with Crippen molar-refractivity contribution in [2.24, 2.45) is 11.8 Å². The number of hydrogen-bond donors (Lipinski definition) is 0. The maximum atomic E-state index is 12.8. The summed E-state index contributed by atoms with van der Waals surface area (Å²) >= 11 is 0. The van der Waals surface area contributed by atoms with E-state index in [1.807, 2.05) is 31.2 Å². The number of likely N-dealkylation sites (tertiary alicyclic amines) is 1. The number of rotatable bonds is 5. The largest absolute Gasteiger partial charge is 0.490 e. The van der Waals surface area contributed by atoms with Gasteiger partial charge in [0.1, 0.15) is 0 Å². The lowest BCUT2D eigenvalue weighted by molar-refractivity contribution is -0.140. The number of nitrogens with zero attached hydrogens (tertiary/aromatic N) is 2. The summed E-state index contributed by atoms with van der Waals surface area (Å²) in [4.78, 5) is 26.9. The van der Waals surface area contributed by atoms with Gasteiger partial charge in [-0.3, -0.25) is 9.59 Å². The Morgan fingerprint density at radius 3 is 2.84 bits per heavy atom. The van der Waals surface area contributed by atoms with Crippen molar-refractivity contribution in [1.82, 2.24) is 4.90 Å². The molecule has 0 aromatic heterocycles. The average Bonchev–Trinajstić information content (AvgIpc) is 3.17. The van der Waals surface area contributed by atoms with Gasteiger partial charge in [0.2, 0.25) is 5.91 Å². The highest BCUT2D eigenvalue weighted by molar-refractivity contribution is 6.05. The van der Waals surface area contributed by atoms with Crippen LogP contribution in [0, 0.1) is 23.2 Å². The van der Waals surface area contributed by atoms with Crippen molar-refractivity contribution in [2.45, 2.75) is 26.2 Å². The van der Waals surface area contributed by atoms with Crippen molar-refractivity contribution in [3.05, 3.63) is 23.8 Å². The van der Waals surface area contributed by atoms with Gasteiger partial charge >= 0.3 is 0 Å². The first kappa shape index (κ1) is 17.3. The highest BCUT2D eigenvalue weighted by Crippen LogP contribution is 2.37. The number of ether oxygens (including phenoxy) is 2. The van der Waals surface area contributed by atoms with E-state index in [2.05, 4.69) is 0 Å². The van der Waals surface area contributed by atoms with E-state index in [-0.39, 0.29) is 18.3 Å². The normalized spacial score (nSPS) is 20.2. The molecule has 2 atom stereocenters. The summed E-state index contributed by atoms with van der Waals surface area (Å²) in [7, 11) is 0. The number of benzene rings is 1. The molecule has 6 nitrogen and oxygen atoms in total. The van der Waals surface area contributed by atoms with Crippen molar-refractivity contribution in [3.8, 4) is 17.6 Å². The predicted octanol–water partition coefficient (Wildman–Crippen LogP) is 1.97. The quantitative estimate of drug-likeness (QED) is 0.764. The minimum atomic E-state index is -1.23. The van der Waals surface area contributed by atoms with Crippen LogP contribution in [0.1, 0.15) is 25.3 Å². The average molecular weight is 342 g/mol. The zero-order valence-corrected chi connectivity index (χ0v) is 14.4. The Morgan fingerprint density at radius 2 is 2.16 bits per heavy atom. The monoisotopic (exact) mass is 342 g/mol. The van der Waals surface area contributed by atoms with Crippen molar-refractivity contribution in [3.63, 3.8) is 0 Å². The Morgan fingerprint density at radius 1 is 1.40 bits per heavy atom. The fraction of sp³-hybridized carbons (Fsp3) is 0.526. The van der Waals surface area contributed by atoms with Gasteiger partial charge in [-0.15, -0.1) is 0 Å². The number of ketones is 1. The highest BCUT2D eigenvalue weighted by Gasteiger charge is 2.38. The summed E-state index contributed by atoms with van der Waals surface area (Å²) in [6.45, 7) is 3.86. The van der Waals surface area contributed by atoms with Crippen LogP contribution in [-0.2, 0) is 16.0 Å². The second-order valence-electron chi connectivity index (χ2n) is 6.39. The van der Waals surface area contributed by atoms with Gasteiger partial charge in [0.05, 0.1) is 25.2 Å². The molecular weight excluding hydrogens is 320 g/mol. The third-order valence-electron chi connectivity index (χ3n) is 4.74. The van der Waals surface area contributed by atoms with E-state index in [9.17, 15) is 14.9 Å². The minimum absolute atomic E-state index is 0.168. The third-order valence-corrected chi connectivity index (χ3v) is 4.74. The zero-order chi connectivity index (χ0) is 17.8. The standard InChI is InChI=1S/C19H22N2O4/c1-2-24-16-7-5-6-13-10-14(12-25-18(13)16)17(22)15(11-20)19(23)21-8-3-4-9-21/h5-7,14-15H,2-4,8-10,12H2,1H3. The Hall–Kier alpha value is -2.55. The van der Waals surface area contributed by atoms with Crippen LogP contribution in [0.2, 0.25) is 0 Å². The lowest BCUT2D eigenvalue weighted by Gasteiger charge is -2.27. The number of para-hydroxylation sites is 1. The molecule has 2 heterocycles. The Balaban J connectivity index is 1.74. The molecule has 0 aliphatic carbocycles. The molecule has 0 radical (unpaired) electrons. The molecule has 0 N–H and O–H groups in total. The molecule has 2 unspecified atom stereocenters. The van der Waals surface area contributed by atoms with E-state index in [0.29, 0.717) is 37.6 Å². The van der Waals surface area contributed by atoms with E-state index in [0.717, 1.165) is 18.4 Å². The molecule has 1 saturated heterocycles. The molecule has 25 heavy (non-hydrogen) atoms. The number of carbonyl (C=O) groups excluding carboxylic acids is 2. The second kappa shape index (κ2) is 7.56. The van der Waals surface area contributed by atoms with Crippen molar-refractivity contribution >= 4 is 11.7 Å². The van der Waals surface area contributed by atoms with Gasteiger partial charge in [0.15, 0.2) is 23.2 Å². The highest BCUT2D eigenvalue weighted by atomic mass is 16.5. The lowest BCUT2D eigenvalue weighted by Crippen LogP contribution is -2.41. The van der Waals surface area contributed by atoms with Crippen LogP contribution in [0.3, 0.4) is 0 Å². The molecular formula is C19H22N2O4. The topological polar surface area (TPSA) is 79.6 Å². The number of amides is 1. The maximum Gasteiger partial charge on any atom is 0.247 e. The van der Waals surface area contributed by atoms with Gasteiger partial charge in [0.25, 0.3) is 0 Å². The molecule has 6 heteroatoms. The summed E-state index contributed by atoms with van der Waals surface area (Å²) in [5.41, 5.74) is 0.876. The number of Topliss-reactive ketones (excluding diaryl/α,β-unsaturated/α-hetero) is 1. The number of carbonyl (C=O) groups is 2. The molecule has 132 valence electrons. The van der Waals surface area contributed by atoms with Crippen molar-refractivity contribution in [1.29, 1.82) is 5.26 Å². The number of nitriles is 1. The van der Waals surface area contributed by atoms with E-state index < -0.39 is 11.8 Å². The third kappa shape index (κ3) is 3.46. The van der Waals surface area contributed by atoms with Crippen LogP contribution in [0.4, 0.5) is 0 Å². The predicted molar refractivity (Wildman–Crippen MR) is 90.2 cm³/mol. The van der Waals surface area contributed by atoms with E-state index >= 15 is 0 Å². The van der Waals surface area contributed by atoms with Gasteiger partial charge < -0.3 is 14.4 Å². The Labute approximate surface area is 147 Å². The molecule has 1 aromatic rings. The molecule has 2 aliphatic rings. The van der Waals surface area contributed by atoms with Crippen LogP contribution in [0.15, 0.2) is 18.2 Å². The fourth-order valence-corrected chi connectivity index (χ4v) is 3.44. The van der Waals surface area contributed by atoms with Crippen LogP contribution in [0.25, 0.3) is 0 Å². The van der Waals surface area contributed by atoms with Gasteiger partial charge in [-0.05, 0) is 37.8 Å². The van der Waals surface area contributed by atoms with Gasteiger partial charge in [-0.1, -0.05) is 12.1 Å². The Bertz CT molecular complexity index is 704. The molecule has 0 bridgehead atoms. The Kier molecular flexibility index (Phi) is 5.22. The van der Waals surface area contributed by atoms with Gasteiger partial charge in [0, 0.05) is 13.1 Å². The van der Waals surface area contributed by atoms with Crippen LogP contribution < -0.4 is 9.47 Å². The minimum Gasteiger partial charge on any atom is -0.490 e. The molecule has 1 aromatic carbocycles. The smallest absolute Gasteiger partial charge is 0.247 e. The van der Waals surface area contributed by atoms with Crippen LogP contribution in [-0.4, -0.2) is 42.9 Å². The first-order valence-corrected chi connectivity index (χ1v) is 8.75. The molecule has 1 amide bonds. The molecule has 2 aliphatic heterocycles. The number of hydrogen-bond acceptors (Lipinski definition) is 5. The van der Waals surface area contributed by atoms with Crippen molar-refractivity contribution in [2.75, 3.05) is 26.3 Å².